The van der Waals surface area contributed by atoms with Gasteiger partial charge in [-0.05, 0) is 42.6 Å². The molecule has 1 atom stereocenters. The van der Waals surface area contributed by atoms with E-state index < -0.39 is 6.10 Å². The van der Waals surface area contributed by atoms with E-state index in [2.05, 4.69) is 6.07 Å². The molecule has 0 aromatic heterocycles. The van der Waals surface area contributed by atoms with E-state index in [0.29, 0.717) is 6.54 Å². The van der Waals surface area contributed by atoms with Gasteiger partial charge in [-0.2, -0.15) is 0 Å². The van der Waals surface area contributed by atoms with Crippen LogP contribution in [0.2, 0.25) is 0 Å². The number of benzene rings is 2. The van der Waals surface area contributed by atoms with Gasteiger partial charge in [0.15, 0.2) is 0 Å². The van der Waals surface area contributed by atoms with Gasteiger partial charge in [-0.1, -0.05) is 42.5 Å². The molecule has 3 heteroatoms. The highest BCUT2D eigenvalue weighted by molar-refractivity contribution is 5.29. The minimum absolute atomic E-state index is 0.254. The van der Waals surface area contributed by atoms with Gasteiger partial charge in [0.1, 0.15) is 18.5 Å². The lowest BCUT2D eigenvalue weighted by molar-refractivity contribution is 0.108. The Balaban J connectivity index is 1.90. The van der Waals surface area contributed by atoms with Crippen LogP contribution < -0.4 is 10.5 Å². The van der Waals surface area contributed by atoms with Crippen LogP contribution in [-0.2, 0) is 6.42 Å². The normalized spacial score (nSPS) is 12.1. The number of aryl methyl sites for hydroxylation is 1. The quantitative estimate of drug-likeness (QED) is 0.814. The zero-order chi connectivity index (χ0) is 14.2. The molecule has 0 aliphatic heterocycles. The van der Waals surface area contributed by atoms with Crippen LogP contribution in [0.5, 0.6) is 5.75 Å². The lowest BCUT2D eigenvalue weighted by Crippen LogP contribution is -2.09. The first-order valence-electron chi connectivity index (χ1n) is 6.94. The van der Waals surface area contributed by atoms with Crippen LogP contribution in [0.15, 0.2) is 54.6 Å². The molecule has 0 radical (unpaired) electrons. The highest BCUT2D eigenvalue weighted by Gasteiger charge is 2.07. The number of rotatable bonds is 7. The van der Waals surface area contributed by atoms with Crippen molar-refractivity contribution in [2.24, 2.45) is 5.73 Å². The zero-order valence-electron chi connectivity index (χ0n) is 11.5. The highest BCUT2D eigenvalue weighted by atomic mass is 16.5. The Bertz CT molecular complexity index is 513. The van der Waals surface area contributed by atoms with Gasteiger partial charge in [-0.15, -0.1) is 0 Å². The van der Waals surface area contributed by atoms with Crippen molar-refractivity contribution in [3.8, 4) is 5.75 Å². The fourth-order valence-corrected chi connectivity index (χ4v) is 2.04. The molecule has 0 saturated heterocycles. The second kappa shape index (κ2) is 7.68. The maximum atomic E-state index is 10.1. The maximum absolute atomic E-state index is 10.1. The third-order valence-electron chi connectivity index (χ3n) is 3.16. The van der Waals surface area contributed by atoms with Gasteiger partial charge >= 0.3 is 0 Å². The Morgan fingerprint density at radius 2 is 1.85 bits per heavy atom. The lowest BCUT2D eigenvalue weighted by Gasteiger charge is -2.13. The fraction of sp³-hybridized carbons (Fsp3) is 0.294. The van der Waals surface area contributed by atoms with Crippen molar-refractivity contribution in [2.75, 3.05) is 13.2 Å². The number of hydrogen-bond acceptors (Lipinski definition) is 3. The molecule has 2 rings (SSSR count). The predicted molar refractivity (Wildman–Crippen MR) is 80.7 cm³/mol. The molecule has 0 unspecified atom stereocenters. The van der Waals surface area contributed by atoms with E-state index in [1.165, 1.54) is 5.56 Å². The molecule has 2 aromatic rings. The lowest BCUT2D eigenvalue weighted by atomic mass is 10.1. The van der Waals surface area contributed by atoms with Crippen LogP contribution in [-0.4, -0.2) is 18.3 Å². The zero-order valence-corrected chi connectivity index (χ0v) is 11.5. The molecule has 0 aliphatic rings. The molecule has 0 fully saturated rings. The molecule has 0 saturated carbocycles. The van der Waals surface area contributed by atoms with Crippen molar-refractivity contribution in [3.63, 3.8) is 0 Å². The Hall–Kier alpha value is -1.84. The van der Waals surface area contributed by atoms with Gasteiger partial charge in [0, 0.05) is 0 Å². The number of nitrogens with two attached hydrogens (primary N) is 1. The molecule has 2 aromatic carbocycles. The Morgan fingerprint density at radius 3 is 2.60 bits per heavy atom. The monoisotopic (exact) mass is 271 g/mol. The van der Waals surface area contributed by atoms with Crippen LogP contribution >= 0.6 is 0 Å². The first kappa shape index (κ1) is 14.6. The molecule has 0 amide bonds. The van der Waals surface area contributed by atoms with Crippen LogP contribution in [0.1, 0.15) is 23.7 Å². The Labute approximate surface area is 120 Å². The summed E-state index contributed by atoms with van der Waals surface area (Å²) >= 11 is 0. The van der Waals surface area contributed by atoms with Crippen molar-refractivity contribution in [1.82, 2.24) is 0 Å². The number of aliphatic hydroxyl groups is 1. The Morgan fingerprint density at radius 1 is 1.05 bits per heavy atom. The van der Waals surface area contributed by atoms with Crippen LogP contribution in [0.3, 0.4) is 0 Å². The predicted octanol–water partition coefficient (Wildman–Crippen LogP) is 2.69. The van der Waals surface area contributed by atoms with Gasteiger partial charge in [0.05, 0.1) is 0 Å². The van der Waals surface area contributed by atoms with Gasteiger partial charge in [-0.3, -0.25) is 0 Å². The van der Waals surface area contributed by atoms with Crippen molar-refractivity contribution in [3.05, 3.63) is 65.7 Å². The first-order chi connectivity index (χ1) is 9.79. The summed E-state index contributed by atoms with van der Waals surface area (Å²) in [6, 6.07) is 17.5. The van der Waals surface area contributed by atoms with Crippen molar-refractivity contribution in [1.29, 1.82) is 0 Å². The van der Waals surface area contributed by atoms with E-state index in [-0.39, 0.29) is 6.61 Å². The summed E-state index contributed by atoms with van der Waals surface area (Å²) in [5, 5.41) is 10.1. The number of hydrogen-bond donors (Lipinski definition) is 2. The van der Waals surface area contributed by atoms with Gasteiger partial charge in [0.2, 0.25) is 0 Å². The minimum Gasteiger partial charge on any atom is -0.491 e. The topological polar surface area (TPSA) is 55.5 Å². The van der Waals surface area contributed by atoms with Crippen molar-refractivity contribution >= 4 is 0 Å². The van der Waals surface area contributed by atoms with E-state index >= 15 is 0 Å². The maximum Gasteiger partial charge on any atom is 0.119 e. The molecular formula is C17H21NO2. The molecule has 106 valence electrons. The summed E-state index contributed by atoms with van der Waals surface area (Å²) in [6.07, 6.45) is 1.31. The molecule has 3 nitrogen and oxygen atoms in total. The van der Waals surface area contributed by atoms with Gasteiger partial charge in [0.25, 0.3) is 0 Å². The van der Waals surface area contributed by atoms with E-state index in [9.17, 15) is 5.11 Å². The standard InChI is InChI=1S/C17H21NO2/c18-11-5-7-14-6-4-10-16(12-14)20-13-17(19)15-8-2-1-3-9-15/h1-4,6,8-10,12,17,19H,5,7,11,13,18H2/t17-/m1/s1. The van der Waals surface area contributed by atoms with Crippen LogP contribution in [0, 0.1) is 0 Å². The number of aliphatic hydroxyl groups excluding tert-OH is 1. The summed E-state index contributed by atoms with van der Waals surface area (Å²) in [7, 11) is 0. The molecule has 0 bridgehead atoms. The minimum atomic E-state index is -0.608. The van der Waals surface area contributed by atoms with E-state index in [1.54, 1.807) is 0 Å². The summed E-state index contributed by atoms with van der Waals surface area (Å²) < 4.78 is 5.66. The van der Waals surface area contributed by atoms with E-state index in [1.807, 2.05) is 48.5 Å². The van der Waals surface area contributed by atoms with Gasteiger partial charge in [-0.25, -0.2) is 0 Å². The molecule has 20 heavy (non-hydrogen) atoms. The molecule has 0 heterocycles. The fourth-order valence-electron chi connectivity index (χ4n) is 2.04. The van der Waals surface area contributed by atoms with Crippen molar-refractivity contribution < 1.29 is 9.84 Å². The third kappa shape index (κ3) is 4.37. The SMILES string of the molecule is NCCCc1cccc(OC[C@@H](O)c2ccccc2)c1. The summed E-state index contributed by atoms with van der Waals surface area (Å²) in [5.41, 5.74) is 7.59. The smallest absolute Gasteiger partial charge is 0.119 e. The second-order valence-electron chi connectivity index (χ2n) is 4.78. The summed E-state index contributed by atoms with van der Waals surface area (Å²) in [5.74, 6) is 0.787. The van der Waals surface area contributed by atoms with E-state index in [4.69, 9.17) is 10.5 Å². The summed E-state index contributed by atoms with van der Waals surface area (Å²) in [4.78, 5) is 0. The van der Waals surface area contributed by atoms with Crippen LogP contribution in [0.25, 0.3) is 0 Å². The number of ether oxygens (including phenoxy) is 1. The third-order valence-corrected chi connectivity index (χ3v) is 3.16. The summed E-state index contributed by atoms with van der Waals surface area (Å²) in [6.45, 7) is 0.947. The Kier molecular flexibility index (Phi) is 5.59. The second-order valence-corrected chi connectivity index (χ2v) is 4.78. The van der Waals surface area contributed by atoms with Crippen molar-refractivity contribution in [2.45, 2.75) is 18.9 Å². The van der Waals surface area contributed by atoms with Gasteiger partial charge < -0.3 is 15.6 Å². The average molecular weight is 271 g/mol. The largest absolute Gasteiger partial charge is 0.491 e. The first-order valence-corrected chi connectivity index (χ1v) is 6.94. The molecule has 0 spiro atoms. The highest BCUT2D eigenvalue weighted by Crippen LogP contribution is 2.18. The average Bonchev–Trinajstić information content (AvgIpc) is 2.52. The molecule has 3 N–H and O–H groups in total. The molecular weight excluding hydrogens is 250 g/mol. The van der Waals surface area contributed by atoms with Crippen LogP contribution in [0.4, 0.5) is 0 Å². The molecule has 0 aliphatic carbocycles. The van der Waals surface area contributed by atoms with E-state index in [0.717, 1.165) is 24.2 Å².